The summed E-state index contributed by atoms with van der Waals surface area (Å²) in [4.78, 5) is 246. The lowest BCUT2D eigenvalue weighted by Crippen LogP contribution is -2.62. The number of nitrogens with zero attached hydrogens (tertiary/aromatic N) is 5. The van der Waals surface area contributed by atoms with Gasteiger partial charge in [0.25, 0.3) is 0 Å². The van der Waals surface area contributed by atoms with Crippen molar-refractivity contribution in [1.82, 2.24) is 77.3 Å². The van der Waals surface area contributed by atoms with E-state index in [1.54, 1.807) is 98.0 Å². The van der Waals surface area contributed by atoms with Crippen LogP contribution in [0.25, 0.3) is 10.9 Å². The summed E-state index contributed by atoms with van der Waals surface area (Å²) in [5, 5.41) is 67.9. The van der Waals surface area contributed by atoms with E-state index in [1.807, 2.05) is 0 Å². The number of carboxylic acid groups (broad SMARTS) is 1. The smallest absolute Gasteiger partial charge is 0.305 e. The predicted molar refractivity (Wildman–Crippen MR) is 489 cm³/mol. The number of aliphatic hydroxyl groups excluding tert-OH is 2. The molecule has 6 aromatic rings. The Labute approximate surface area is 778 Å². The minimum Gasteiger partial charge on any atom is -0.508 e. The number of aromatic nitrogens is 1. The molecule has 0 bridgehead atoms. The van der Waals surface area contributed by atoms with Gasteiger partial charge >= 0.3 is 5.97 Å². The third-order valence-electron chi connectivity index (χ3n) is 23.9. The number of para-hydroxylation sites is 1. The van der Waals surface area contributed by atoms with Crippen molar-refractivity contribution in [3.05, 3.63) is 173 Å². The summed E-state index contributed by atoms with van der Waals surface area (Å²) in [6, 6.07) is 10.4. The molecule has 15 atom stereocenters. The number of benzene rings is 5. The number of amides is 15. The molecule has 0 radical (unpaired) electrons. The third kappa shape index (κ3) is 29.3. The van der Waals surface area contributed by atoms with Gasteiger partial charge in [-0.3, -0.25) is 76.7 Å². The highest BCUT2D eigenvalue weighted by Gasteiger charge is 2.48. The number of aromatic amines is 1. The van der Waals surface area contributed by atoms with Gasteiger partial charge in [-0.25, -0.2) is 8.78 Å². The highest BCUT2D eigenvalue weighted by Crippen LogP contribution is 2.29. The van der Waals surface area contributed by atoms with E-state index in [4.69, 9.17) is 17.2 Å². The van der Waals surface area contributed by atoms with Gasteiger partial charge in [0.2, 0.25) is 88.6 Å². The summed E-state index contributed by atoms with van der Waals surface area (Å²) >= 11 is 0.697. The first-order valence-electron chi connectivity index (χ1n) is 44.7. The lowest BCUT2D eigenvalue weighted by molar-refractivity contribution is -0.152. The van der Waals surface area contributed by atoms with E-state index in [-0.39, 0.29) is 88.6 Å². The number of nitrogens with one attached hydrogen (secondary N) is 10. The van der Waals surface area contributed by atoms with Crippen LogP contribution in [0.15, 0.2) is 134 Å². The largest absolute Gasteiger partial charge is 0.508 e. The summed E-state index contributed by atoms with van der Waals surface area (Å²) < 4.78 is 29.8. The number of H-pyrrole nitrogens is 1. The average Bonchev–Trinajstić information content (AvgIpc) is 1.54. The van der Waals surface area contributed by atoms with Gasteiger partial charge in [-0.2, -0.15) is 0 Å². The number of halogens is 2. The van der Waals surface area contributed by atoms with E-state index in [9.17, 15) is 58.4 Å². The molecule has 4 heterocycles. The first-order chi connectivity index (χ1) is 63.9. The quantitative estimate of drug-likeness (QED) is 0.0304. The highest BCUT2D eigenvalue weighted by atomic mass is 32.2. The molecule has 1 aromatic heterocycles. The number of phenols is 1. The van der Waals surface area contributed by atoms with Crippen LogP contribution >= 0.6 is 11.8 Å². The van der Waals surface area contributed by atoms with Gasteiger partial charge < -0.3 is 115 Å². The normalized spacial score (nSPS) is 24.6. The zero-order valence-corrected chi connectivity index (χ0v) is 76.5. The van der Waals surface area contributed by atoms with Gasteiger partial charge in [-0.1, -0.05) is 131 Å². The number of aliphatic carboxylic acids is 1. The molecule has 134 heavy (non-hydrogen) atoms. The minimum absolute atomic E-state index is 0.0310. The second-order valence-electron chi connectivity index (χ2n) is 34.3. The number of aromatic hydroxyl groups is 1. The number of hydrogen-bond acceptors (Lipinski definition) is 22. The summed E-state index contributed by atoms with van der Waals surface area (Å²) in [6.45, 7) is 3.13. The third-order valence-corrected chi connectivity index (χ3v) is 25.0. The van der Waals surface area contributed by atoms with E-state index in [0.29, 0.717) is 57.8 Å². The summed E-state index contributed by atoms with van der Waals surface area (Å²) in [5.74, 6) is -21.4. The van der Waals surface area contributed by atoms with Crippen LogP contribution in [0.5, 0.6) is 5.75 Å². The maximum Gasteiger partial charge on any atom is 0.305 e. The average molecular weight is 1880 g/mol. The van der Waals surface area contributed by atoms with E-state index in [1.165, 1.54) is 59.3 Å². The number of hydrogen-bond donors (Lipinski definition) is 17. The van der Waals surface area contributed by atoms with Crippen LogP contribution in [-0.4, -0.2) is 301 Å². The number of fused-ring (bicyclic) bond motifs is 3. The Morgan fingerprint density at radius 2 is 1.01 bits per heavy atom. The van der Waals surface area contributed by atoms with Crippen molar-refractivity contribution in [1.29, 1.82) is 0 Å². The second kappa shape index (κ2) is 50.2. The molecule has 0 unspecified atom stereocenters. The summed E-state index contributed by atoms with van der Waals surface area (Å²) in [6.07, 6.45) is -4.26. The maximum atomic E-state index is 15.7. The molecule has 3 fully saturated rings. The van der Waals surface area contributed by atoms with Crippen molar-refractivity contribution in [3.63, 3.8) is 0 Å². The van der Waals surface area contributed by atoms with E-state index < -0.39 is 260 Å². The molecule has 41 heteroatoms. The zero-order chi connectivity index (χ0) is 97.7. The standard InChI is InChI=1S/C93H122F2N18O20S/c1-7-8-28-72-92(132)113-49-60(116)44-75(113)88(128)106-69(45-79(119)120)85(125)108-80(52(2)3)93(133)110(5)73(40-53-20-11-9-12-21-53)86(126)103-66(26-17-18-35-96)90(130)112-48-59(115)43-74(112)87(127)105-68(42-57-46-99-64-25-16-15-24-61(57)64)84(124)104-67(38-55-29-32-58(114)33-30-55)83(123)102-65(27-19-36-97)82(122)107-71(81(121)100-47-77(98)117)50-134-51-78(118)101-70(39-56-31-34-62(94)63(95)37-56)89(129)111(6)76(91(131)109(72)4)41-54-22-13-10-14-23-54/h9-16,20-25,29-34,37,46,52,59-60,65-76,80,99,114-116H,7-8,17-19,26-28,35-36,38-45,47-51,96-97H2,1-6H3,(H2,98,117)(H,100,121)(H,101,118)(H,102,123)(H,103,126)(H,104,124)(H,105,127)(H,106,128)(H,107,122)(H,108,125)(H,119,120)/t59-,60-,65+,66+,67+,68+,69+,70+,71+,72+,73+,74-,75-,76+,80+/m1/s1. The van der Waals surface area contributed by atoms with E-state index in [2.05, 4.69) is 52.8 Å². The Morgan fingerprint density at radius 1 is 0.500 bits per heavy atom. The van der Waals surface area contributed by atoms with Gasteiger partial charge in [0.05, 0.1) is 30.9 Å². The number of phenolic OH excluding ortho intramolecular Hbond substituents is 1. The van der Waals surface area contributed by atoms with E-state index in [0.717, 1.165) is 42.7 Å². The van der Waals surface area contributed by atoms with Gasteiger partial charge in [0.1, 0.15) is 84.3 Å². The molecule has 3 aliphatic rings. The fraction of sp³-hybridized carbons (Fsp3) is 0.484. The SMILES string of the molecule is CCCC[C@H]1C(=O)N2C[C@H](O)C[C@@H]2C(=O)N[C@@H](CC(=O)O)C(=O)N[C@@H](C(C)C)C(=O)N(C)[C@@H](Cc2ccccc2)C(=O)N[C@@H](CCCCN)C(=O)N2C[C@H](O)C[C@@H]2C(=O)N[C@@H](Cc2c[nH]c3ccccc23)C(=O)N[C@@H](Cc2ccc(O)cc2)C(=O)N[C@@H](CCCN)C(=O)N[C@H](C(=O)NCC(N)=O)CSCC(=O)N[C@@H](Cc2ccc(F)c(F)c2)C(=O)N(C)[C@@H](Cc2ccccc2)C(=O)N1C. The van der Waals surface area contributed by atoms with Crippen LogP contribution in [0, 0.1) is 17.6 Å². The van der Waals surface area contributed by atoms with Crippen LogP contribution in [0.3, 0.4) is 0 Å². The molecule has 0 spiro atoms. The molecule has 9 rings (SSSR count). The number of thioether (sulfide) groups is 1. The second-order valence-corrected chi connectivity index (χ2v) is 35.4. The summed E-state index contributed by atoms with van der Waals surface area (Å²) in [7, 11) is 3.76. The lowest BCUT2D eigenvalue weighted by Gasteiger charge is -2.38. The van der Waals surface area contributed by atoms with Crippen LogP contribution in [0.4, 0.5) is 8.78 Å². The number of primary amides is 1. The van der Waals surface area contributed by atoms with E-state index >= 15 is 47.5 Å². The summed E-state index contributed by atoms with van der Waals surface area (Å²) in [5.41, 5.74) is 19.8. The molecule has 0 saturated carbocycles. The fourth-order valence-corrected chi connectivity index (χ4v) is 17.4. The Hall–Kier alpha value is -13.0. The molecule has 3 aliphatic heterocycles. The van der Waals surface area contributed by atoms with Gasteiger partial charge in [0, 0.05) is 102 Å². The molecule has 38 nitrogen and oxygen atoms in total. The zero-order valence-electron chi connectivity index (χ0n) is 75.7. The molecular formula is C93H122F2N18O20S. The van der Waals surface area contributed by atoms with Crippen molar-refractivity contribution in [2.45, 2.75) is 214 Å². The number of rotatable bonds is 26. The predicted octanol–water partition coefficient (Wildman–Crippen LogP) is -0.515. The molecule has 3 saturated heterocycles. The maximum absolute atomic E-state index is 15.7. The minimum atomic E-state index is -2.02. The van der Waals surface area contributed by atoms with Crippen molar-refractivity contribution in [3.8, 4) is 5.75 Å². The monoisotopic (exact) mass is 1880 g/mol. The number of nitrogens with two attached hydrogens (primary N) is 3. The molecule has 5 aromatic carbocycles. The number of aliphatic hydroxyl groups is 2. The number of unbranched alkanes of at least 4 members (excludes halogenated alkanes) is 2. The van der Waals surface area contributed by atoms with Gasteiger partial charge in [-0.15, -0.1) is 11.8 Å². The van der Waals surface area contributed by atoms with Crippen molar-refractivity contribution in [2.75, 3.05) is 65.4 Å². The number of carbonyl (C=O) groups is 16. The first-order valence-corrected chi connectivity index (χ1v) is 45.8. The van der Waals surface area contributed by atoms with Crippen LogP contribution in [0.2, 0.25) is 0 Å². The molecule has 0 aliphatic carbocycles. The Kier molecular flexibility index (Phi) is 39.2. The van der Waals surface area contributed by atoms with Crippen molar-refractivity contribution >= 4 is 117 Å². The van der Waals surface area contributed by atoms with Crippen LogP contribution < -0.4 is 65.1 Å². The topological polar surface area (TPSA) is 572 Å². The molecular weight excluding hydrogens is 1760 g/mol. The van der Waals surface area contributed by atoms with Gasteiger partial charge in [0.15, 0.2) is 11.6 Å². The fourth-order valence-electron chi connectivity index (χ4n) is 16.5. The molecule has 15 amide bonds. The highest BCUT2D eigenvalue weighted by molar-refractivity contribution is 8.00. The number of likely N-dealkylation sites (N-methyl/N-ethyl adjacent to an activating group) is 3. The molecule has 20 N–H and O–H groups in total. The van der Waals surface area contributed by atoms with Crippen LogP contribution in [0.1, 0.15) is 119 Å². The van der Waals surface area contributed by atoms with Gasteiger partial charge in [-0.05, 0) is 116 Å². The lowest BCUT2D eigenvalue weighted by atomic mass is 9.98. The number of carbonyl (C=O) groups excluding carboxylic acids is 15. The Morgan fingerprint density at radius 3 is 1.61 bits per heavy atom. The molecule has 724 valence electrons. The van der Waals surface area contributed by atoms with Crippen molar-refractivity contribution in [2.24, 2.45) is 23.1 Å². The first kappa shape index (κ1) is 105. The number of carboxylic acids is 1. The van der Waals surface area contributed by atoms with Crippen molar-refractivity contribution < 1.29 is 106 Å². The van der Waals surface area contributed by atoms with Crippen LogP contribution in [-0.2, 0) is 109 Å². The Bertz CT molecular complexity index is 5140. The Balaban J connectivity index is 1.14.